The highest BCUT2D eigenvalue weighted by atomic mass is 35.5. The van der Waals surface area contributed by atoms with E-state index in [1.54, 1.807) is 6.07 Å². The Hall–Kier alpha value is -1.38. The smallest absolute Gasteiger partial charge is 0.142 e. The van der Waals surface area contributed by atoms with Crippen LogP contribution in [0.25, 0.3) is 0 Å². The molecule has 0 aliphatic carbocycles. The van der Waals surface area contributed by atoms with Crippen molar-refractivity contribution in [2.75, 3.05) is 0 Å². The summed E-state index contributed by atoms with van der Waals surface area (Å²) in [5, 5.41) is 3.57. The molecule has 0 amide bonds. The highest BCUT2D eigenvalue weighted by Crippen LogP contribution is 2.21. The summed E-state index contributed by atoms with van der Waals surface area (Å²) in [5.74, 6) is -0.371. The molecule has 0 aliphatic heterocycles. The minimum absolute atomic E-state index is 0.195. The number of nitrogens with one attached hydrogen (secondary N) is 1. The molecule has 2 aromatic rings. The van der Waals surface area contributed by atoms with Crippen LogP contribution in [0.1, 0.15) is 29.7 Å². The standard InChI is InChI=1S/C16H17ClFN/c1-11-6-3-4-8-14(11)12(2)19-10-13-7-5-9-15(18)16(13)17/h3-9,12,19H,10H2,1-2H3/t12-/m0/s1. The molecule has 0 saturated heterocycles. The van der Waals surface area contributed by atoms with E-state index in [9.17, 15) is 4.39 Å². The number of rotatable bonds is 4. The Morgan fingerprint density at radius 3 is 2.63 bits per heavy atom. The van der Waals surface area contributed by atoms with Crippen molar-refractivity contribution in [3.63, 3.8) is 0 Å². The first kappa shape index (κ1) is 14.0. The van der Waals surface area contributed by atoms with Crippen molar-refractivity contribution in [3.8, 4) is 0 Å². The van der Waals surface area contributed by atoms with Crippen molar-refractivity contribution in [2.45, 2.75) is 26.4 Å². The first-order valence-corrected chi connectivity index (χ1v) is 6.69. The third-order valence-electron chi connectivity index (χ3n) is 3.29. The quantitative estimate of drug-likeness (QED) is 0.858. The number of hydrogen-bond donors (Lipinski definition) is 1. The summed E-state index contributed by atoms with van der Waals surface area (Å²) in [5.41, 5.74) is 3.27. The summed E-state index contributed by atoms with van der Waals surface area (Å²) in [7, 11) is 0. The molecule has 1 atom stereocenters. The highest BCUT2D eigenvalue weighted by molar-refractivity contribution is 6.31. The van der Waals surface area contributed by atoms with Crippen LogP contribution in [-0.2, 0) is 6.54 Å². The van der Waals surface area contributed by atoms with Gasteiger partial charge >= 0.3 is 0 Å². The predicted molar refractivity (Wildman–Crippen MR) is 77.8 cm³/mol. The number of hydrogen-bond acceptors (Lipinski definition) is 1. The minimum Gasteiger partial charge on any atom is -0.306 e. The lowest BCUT2D eigenvalue weighted by Gasteiger charge is -2.17. The van der Waals surface area contributed by atoms with Gasteiger partial charge in [-0.25, -0.2) is 4.39 Å². The lowest BCUT2D eigenvalue weighted by molar-refractivity contribution is 0.567. The molecular formula is C16H17ClFN. The summed E-state index contributed by atoms with van der Waals surface area (Å²) in [6.45, 7) is 4.73. The van der Waals surface area contributed by atoms with E-state index in [1.165, 1.54) is 17.2 Å². The predicted octanol–water partition coefficient (Wildman–Crippen LogP) is 4.64. The molecule has 19 heavy (non-hydrogen) atoms. The van der Waals surface area contributed by atoms with E-state index >= 15 is 0 Å². The number of benzene rings is 2. The molecule has 1 nitrogen and oxygen atoms in total. The van der Waals surface area contributed by atoms with Crippen LogP contribution < -0.4 is 5.32 Å². The molecule has 0 saturated carbocycles. The van der Waals surface area contributed by atoms with Gasteiger partial charge in [-0.05, 0) is 36.6 Å². The van der Waals surface area contributed by atoms with Crippen molar-refractivity contribution < 1.29 is 4.39 Å². The second-order valence-corrected chi connectivity index (χ2v) is 5.05. The van der Waals surface area contributed by atoms with E-state index in [4.69, 9.17) is 11.6 Å². The van der Waals surface area contributed by atoms with Gasteiger partial charge in [0.15, 0.2) is 0 Å². The van der Waals surface area contributed by atoms with Crippen LogP contribution >= 0.6 is 11.6 Å². The third-order valence-corrected chi connectivity index (χ3v) is 3.71. The Morgan fingerprint density at radius 1 is 1.16 bits per heavy atom. The van der Waals surface area contributed by atoms with Crippen LogP contribution in [0.2, 0.25) is 5.02 Å². The van der Waals surface area contributed by atoms with E-state index in [0.29, 0.717) is 6.54 Å². The summed E-state index contributed by atoms with van der Waals surface area (Å²) in [6.07, 6.45) is 0. The summed E-state index contributed by atoms with van der Waals surface area (Å²) >= 11 is 5.94. The van der Waals surface area contributed by atoms with Gasteiger partial charge in [-0.2, -0.15) is 0 Å². The van der Waals surface area contributed by atoms with Gasteiger partial charge in [-0.3, -0.25) is 0 Å². The fourth-order valence-electron chi connectivity index (χ4n) is 2.13. The molecule has 0 aromatic heterocycles. The molecule has 100 valence electrons. The molecule has 0 bridgehead atoms. The van der Waals surface area contributed by atoms with Crippen molar-refractivity contribution in [1.82, 2.24) is 5.32 Å². The molecule has 2 aromatic carbocycles. The molecular weight excluding hydrogens is 261 g/mol. The fourth-order valence-corrected chi connectivity index (χ4v) is 2.32. The topological polar surface area (TPSA) is 12.0 Å². The second kappa shape index (κ2) is 6.18. The van der Waals surface area contributed by atoms with E-state index in [0.717, 1.165) is 5.56 Å². The van der Waals surface area contributed by atoms with Crippen molar-refractivity contribution in [1.29, 1.82) is 0 Å². The molecule has 0 unspecified atom stereocenters. The first-order chi connectivity index (χ1) is 9.09. The maximum atomic E-state index is 13.3. The Kier molecular flexibility index (Phi) is 4.56. The second-order valence-electron chi connectivity index (χ2n) is 4.67. The third kappa shape index (κ3) is 3.34. The molecule has 2 rings (SSSR count). The summed E-state index contributed by atoms with van der Waals surface area (Å²) in [6, 6.07) is 13.3. The van der Waals surface area contributed by atoms with Gasteiger partial charge in [-0.1, -0.05) is 48.0 Å². The van der Waals surface area contributed by atoms with Crippen LogP contribution in [0.4, 0.5) is 4.39 Å². The van der Waals surface area contributed by atoms with Crippen molar-refractivity contribution >= 4 is 11.6 Å². The van der Waals surface area contributed by atoms with Gasteiger partial charge in [0.1, 0.15) is 5.82 Å². The van der Waals surface area contributed by atoms with Crippen molar-refractivity contribution in [3.05, 3.63) is 70.0 Å². The minimum atomic E-state index is -0.371. The summed E-state index contributed by atoms with van der Waals surface area (Å²) in [4.78, 5) is 0. The Labute approximate surface area is 118 Å². The van der Waals surface area contributed by atoms with Crippen LogP contribution in [0, 0.1) is 12.7 Å². The van der Waals surface area contributed by atoms with Crippen LogP contribution in [-0.4, -0.2) is 0 Å². The molecule has 0 radical (unpaired) electrons. The average molecular weight is 278 g/mol. The monoisotopic (exact) mass is 277 g/mol. The average Bonchev–Trinajstić information content (AvgIpc) is 2.40. The zero-order valence-corrected chi connectivity index (χ0v) is 11.8. The zero-order valence-electron chi connectivity index (χ0n) is 11.1. The fraction of sp³-hybridized carbons (Fsp3) is 0.250. The van der Waals surface area contributed by atoms with Crippen molar-refractivity contribution in [2.24, 2.45) is 0 Å². The Morgan fingerprint density at radius 2 is 1.89 bits per heavy atom. The van der Waals surface area contributed by atoms with Gasteiger partial charge in [0, 0.05) is 12.6 Å². The Bertz CT molecular complexity index is 568. The van der Waals surface area contributed by atoms with Gasteiger partial charge in [0.05, 0.1) is 5.02 Å². The lowest BCUT2D eigenvalue weighted by atomic mass is 10.0. The first-order valence-electron chi connectivity index (χ1n) is 6.31. The maximum absolute atomic E-state index is 13.3. The number of halogens is 2. The Balaban J connectivity index is 2.07. The van der Waals surface area contributed by atoms with Gasteiger partial charge in [0.25, 0.3) is 0 Å². The van der Waals surface area contributed by atoms with Gasteiger partial charge in [0.2, 0.25) is 0 Å². The summed E-state index contributed by atoms with van der Waals surface area (Å²) < 4.78 is 13.3. The maximum Gasteiger partial charge on any atom is 0.142 e. The molecule has 0 aliphatic rings. The highest BCUT2D eigenvalue weighted by Gasteiger charge is 2.09. The normalized spacial score (nSPS) is 12.4. The molecule has 3 heteroatoms. The molecule has 1 N–H and O–H groups in total. The largest absolute Gasteiger partial charge is 0.306 e. The van der Waals surface area contributed by atoms with Gasteiger partial charge < -0.3 is 5.32 Å². The van der Waals surface area contributed by atoms with Crippen LogP contribution in [0.3, 0.4) is 0 Å². The van der Waals surface area contributed by atoms with Crippen LogP contribution in [0.5, 0.6) is 0 Å². The molecule has 0 spiro atoms. The van der Waals surface area contributed by atoms with E-state index in [2.05, 4.69) is 31.3 Å². The SMILES string of the molecule is Cc1ccccc1[C@H](C)NCc1cccc(F)c1Cl. The van der Waals surface area contributed by atoms with E-state index in [-0.39, 0.29) is 16.9 Å². The van der Waals surface area contributed by atoms with E-state index < -0.39 is 0 Å². The number of aryl methyl sites for hydroxylation is 1. The van der Waals surface area contributed by atoms with Gasteiger partial charge in [-0.15, -0.1) is 0 Å². The van der Waals surface area contributed by atoms with Crippen LogP contribution in [0.15, 0.2) is 42.5 Å². The lowest BCUT2D eigenvalue weighted by Crippen LogP contribution is -2.19. The molecule has 0 fully saturated rings. The molecule has 0 heterocycles. The zero-order chi connectivity index (χ0) is 13.8. The van der Waals surface area contributed by atoms with E-state index in [1.807, 2.05) is 18.2 Å².